The van der Waals surface area contributed by atoms with Crippen LogP contribution in [0.15, 0.2) is 216 Å². The highest BCUT2D eigenvalue weighted by molar-refractivity contribution is 6.11. The SMILES string of the molecule is CC.Cc1ccccc1-c1cc(C(N)=NC(=NCc2cccc3c2C2(C4=C(CCC=C4)c4ccccc42)c2ccccc2C32c3ccccc3-c3ccccc32)c2ccccc2)ccc1C1CC1. The summed E-state index contributed by atoms with van der Waals surface area (Å²) in [6, 6.07) is 69.5. The highest BCUT2D eigenvalue weighted by Gasteiger charge is 2.59. The molecule has 68 heavy (non-hydrogen) atoms. The Hall–Kier alpha value is -7.62. The first-order valence-electron chi connectivity index (χ1n) is 24.6. The molecule has 0 saturated heterocycles. The quantitative estimate of drug-likeness (QED) is 0.131. The molecule has 1 atom stereocenters. The topological polar surface area (TPSA) is 50.7 Å². The van der Waals surface area contributed by atoms with Gasteiger partial charge in [-0.1, -0.05) is 208 Å². The molecule has 0 amide bonds. The van der Waals surface area contributed by atoms with Gasteiger partial charge >= 0.3 is 0 Å². The number of nitrogens with zero attached hydrogens (tertiary/aromatic N) is 2. The molecule has 8 aromatic carbocycles. The van der Waals surface area contributed by atoms with Crippen molar-refractivity contribution in [2.24, 2.45) is 15.7 Å². The largest absolute Gasteiger partial charge is 0.383 e. The zero-order valence-corrected chi connectivity index (χ0v) is 39.1. The van der Waals surface area contributed by atoms with E-state index in [9.17, 15) is 0 Å². The summed E-state index contributed by atoms with van der Waals surface area (Å²) >= 11 is 0. The molecule has 5 aliphatic rings. The maximum absolute atomic E-state index is 7.14. The third-order valence-corrected chi connectivity index (χ3v) is 15.3. The van der Waals surface area contributed by atoms with Gasteiger partial charge in [-0.25, -0.2) is 4.99 Å². The van der Waals surface area contributed by atoms with Crippen LogP contribution < -0.4 is 5.73 Å². The van der Waals surface area contributed by atoms with Crippen LogP contribution in [0.25, 0.3) is 27.8 Å². The average molecular weight is 878 g/mol. The lowest BCUT2D eigenvalue weighted by molar-refractivity contribution is 0.621. The molecule has 1 fully saturated rings. The first-order valence-corrected chi connectivity index (χ1v) is 24.6. The summed E-state index contributed by atoms with van der Waals surface area (Å²) in [5.41, 5.74) is 30.3. The van der Waals surface area contributed by atoms with Crippen molar-refractivity contribution in [2.45, 2.75) is 69.7 Å². The molecule has 0 radical (unpaired) electrons. The van der Waals surface area contributed by atoms with E-state index in [0.29, 0.717) is 24.1 Å². The fraction of sp³-hybridized carbons (Fsp3) is 0.169. The van der Waals surface area contributed by atoms with Gasteiger partial charge in [0.15, 0.2) is 5.84 Å². The van der Waals surface area contributed by atoms with Crippen LogP contribution in [0.1, 0.15) is 118 Å². The van der Waals surface area contributed by atoms with Crippen LogP contribution in [0.5, 0.6) is 0 Å². The van der Waals surface area contributed by atoms with E-state index in [2.05, 4.69) is 201 Å². The van der Waals surface area contributed by atoms with Crippen LogP contribution in [-0.4, -0.2) is 11.7 Å². The predicted octanol–water partition coefficient (Wildman–Crippen LogP) is 15.0. The van der Waals surface area contributed by atoms with Gasteiger partial charge in [0.1, 0.15) is 5.84 Å². The van der Waals surface area contributed by atoms with E-state index in [1.807, 2.05) is 19.9 Å². The molecule has 2 N–H and O–H groups in total. The number of benzene rings is 8. The maximum atomic E-state index is 7.14. The zero-order valence-electron chi connectivity index (χ0n) is 39.1. The van der Waals surface area contributed by atoms with Crippen molar-refractivity contribution in [2.75, 3.05) is 0 Å². The molecule has 330 valence electrons. The zero-order chi connectivity index (χ0) is 46.0. The van der Waals surface area contributed by atoms with Gasteiger partial charge < -0.3 is 5.73 Å². The lowest BCUT2D eigenvalue weighted by Crippen LogP contribution is -2.45. The molecule has 8 aromatic rings. The minimum absolute atomic E-state index is 0.414. The second kappa shape index (κ2) is 16.6. The van der Waals surface area contributed by atoms with E-state index in [1.54, 1.807) is 0 Å². The van der Waals surface area contributed by atoms with Crippen molar-refractivity contribution in [3.63, 3.8) is 0 Å². The first kappa shape index (κ1) is 41.8. The fourth-order valence-electron chi connectivity index (χ4n) is 12.5. The third-order valence-electron chi connectivity index (χ3n) is 15.3. The van der Waals surface area contributed by atoms with Crippen molar-refractivity contribution >= 4 is 17.2 Å². The van der Waals surface area contributed by atoms with Crippen molar-refractivity contribution in [1.82, 2.24) is 0 Å². The molecule has 0 aromatic heterocycles. The van der Waals surface area contributed by atoms with Crippen LogP contribution in [0.3, 0.4) is 0 Å². The van der Waals surface area contributed by atoms with E-state index in [1.165, 1.54) is 107 Å². The molecule has 0 aliphatic heterocycles. The van der Waals surface area contributed by atoms with E-state index in [4.69, 9.17) is 15.7 Å². The van der Waals surface area contributed by atoms with Gasteiger partial charge in [-0.15, -0.1) is 0 Å². The van der Waals surface area contributed by atoms with Crippen LogP contribution in [0.4, 0.5) is 0 Å². The minimum Gasteiger partial charge on any atom is -0.383 e. The van der Waals surface area contributed by atoms with Gasteiger partial charge in [0.2, 0.25) is 0 Å². The Balaban J connectivity index is 0.00000237. The normalized spacial score (nSPS) is 18.0. The summed E-state index contributed by atoms with van der Waals surface area (Å²) in [5, 5.41) is 0. The average Bonchev–Trinajstić information content (AvgIpc) is 4.16. The van der Waals surface area contributed by atoms with E-state index < -0.39 is 10.8 Å². The lowest BCUT2D eigenvalue weighted by atomic mass is 9.51. The van der Waals surface area contributed by atoms with Crippen LogP contribution in [-0.2, 0) is 17.4 Å². The number of amidine groups is 2. The summed E-state index contributed by atoms with van der Waals surface area (Å²) in [4.78, 5) is 10.8. The number of nitrogens with two attached hydrogens (primary N) is 1. The molecule has 1 saturated carbocycles. The lowest BCUT2D eigenvalue weighted by Gasteiger charge is -2.50. The Morgan fingerprint density at radius 3 is 1.79 bits per heavy atom. The van der Waals surface area contributed by atoms with Gasteiger partial charge in [0, 0.05) is 11.1 Å². The third kappa shape index (κ3) is 6.11. The Bertz CT molecular complexity index is 3390. The standard InChI is InChI=1S/C63H49N3.C2H6/c1-40-18-5-6-22-45(40)51-38-43(36-37-46(51)41-34-35-41)60(64)66-61(42-19-3-2-4-20-42)65-39-44-21-17-33-58-59(44)63(54-29-13-9-25-49(54)50-26-10-14-30-55(50)63)57-32-16-15-31-56(57)62(58)52-27-11-7-23-47(52)48-24-8-12-28-53(48)62;1-2/h2-9,11-25,27-33,36-38,41H,10,26,34-35,39H2,1H3,(H2,64,65,66);1-2H3. The number of hydrogen-bond acceptors (Lipinski definition) is 1. The second-order valence-corrected chi connectivity index (χ2v) is 18.7. The van der Waals surface area contributed by atoms with Crippen LogP contribution in [0.2, 0.25) is 0 Å². The second-order valence-electron chi connectivity index (χ2n) is 18.7. The Labute approximate surface area is 401 Å². The van der Waals surface area contributed by atoms with Crippen LogP contribution >= 0.6 is 0 Å². The Morgan fingerprint density at radius 1 is 0.544 bits per heavy atom. The van der Waals surface area contributed by atoms with Gasteiger partial charge in [-0.2, -0.15) is 0 Å². The molecule has 2 spiro atoms. The highest BCUT2D eigenvalue weighted by atomic mass is 15.0. The molecule has 0 bridgehead atoms. The van der Waals surface area contributed by atoms with E-state index >= 15 is 0 Å². The number of hydrogen-bond donors (Lipinski definition) is 1. The van der Waals surface area contributed by atoms with Gasteiger partial charge in [-0.3, -0.25) is 4.99 Å². The Kier molecular flexibility index (Phi) is 10.2. The molecular weight excluding hydrogens is 823 g/mol. The van der Waals surface area contributed by atoms with Gasteiger partial charge in [-0.05, 0) is 139 Å². The molecule has 0 heterocycles. The summed E-state index contributed by atoms with van der Waals surface area (Å²) in [5.74, 6) is 1.67. The number of allylic oxidation sites excluding steroid dienone is 4. The van der Waals surface area contributed by atoms with Gasteiger partial charge in [0.25, 0.3) is 0 Å². The Morgan fingerprint density at radius 2 is 1.12 bits per heavy atom. The van der Waals surface area contributed by atoms with Crippen molar-refractivity contribution in [3.05, 3.63) is 278 Å². The molecular formula is C65H55N3. The molecule has 13 rings (SSSR count). The van der Waals surface area contributed by atoms with Crippen molar-refractivity contribution in [3.8, 4) is 22.3 Å². The first-order chi connectivity index (χ1) is 33.6. The number of fused-ring (bicyclic) bond motifs is 15. The summed E-state index contributed by atoms with van der Waals surface area (Å²) in [6.07, 6.45) is 9.34. The smallest absolute Gasteiger partial charge is 0.157 e. The van der Waals surface area contributed by atoms with E-state index in [0.717, 1.165) is 24.0 Å². The van der Waals surface area contributed by atoms with Gasteiger partial charge in [0.05, 0.1) is 17.4 Å². The summed E-state index contributed by atoms with van der Waals surface area (Å²) in [6.45, 7) is 6.61. The summed E-state index contributed by atoms with van der Waals surface area (Å²) in [7, 11) is 0. The molecule has 5 aliphatic carbocycles. The predicted molar refractivity (Wildman–Crippen MR) is 283 cm³/mol. The van der Waals surface area contributed by atoms with Crippen molar-refractivity contribution < 1.29 is 0 Å². The number of rotatable bonds is 6. The maximum Gasteiger partial charge on any atom is 0.157 e. The van der Waals surface area contributed by atoms with Crippen LogP contribution in [0, 0.1) is 6.92 Å². The monoisotopic (exact) mass is 877 g/mol. The molecule has 1 unspecified atom stereocenters. The summed E-state index contributed by atoms with van der Waals surface area (Å²) < 4.78 is 0. The minimum atomic E-state index is -0.566. The molecule has 3 nitrogen and oxygen atoms in total. The number of aliphatic imine (C=N–C) groups is 2. The number of aryl methyl sites for hydroxylation is 1. The van der Waals surface area contributed by atoms with Crippen molar-refractivity contribution in [1.29, 1.82) is 0 Å². The molecule has 3 heteroatoms. The fourth-order valence-corrected chi connectivity index (χ4v) is 12.5. The highest BCUT2D eigenvalue weighted by Crippen LogP contribution is 2.68. The van der Waals surface area contributed by atoms with E-state index in [-0.39, 0.29) is 0 Å².